The van der Waals surface area contributed by atoms with Crippen LogP contribution in [0, 0.1) is 0 Å². The van der Waals surface area contributed by atoms with E-state index in [9.17, 15) is 0 Å². The Labute approximate surface area is 109 Å². The smallest absolute Gasteiger partial charge is 0.240 e. The molecule has 0 amide bonds. The lowest BCUT2D eigenvalue weighted by Gasteiger charge is -2.06. The minimum Gasteiger partial charge on any atom is -0.437 e. The van der Waals surface area contributed by atoms with Crippen molar-refractivity contribution in [3.8, 4) is 11.6 Å². The fraction of sp³-hybridized carbons (Fsp3) is 0.143. The SMILES string of the molecule is CCc1cccc(Oc2ncnc3ccsc23)c1. The van der Waals surface area contributed by atoms with E-state index in [1.54, 1.807) is 11.3 Å². The van der Waals surface area contributed by atoms with Gasteiger partial charge in [0.15, 0.2) is 0 Å². The molecule has 1 aromatic carbocycles. The summed E-state index contributed by atoms with van der Waals surface area (Å²) >= 11 is 1.59. The van der Waals surface area contributed by atoms with E-state index in [0.717, 1.165) is 22.4 Å². The predicted molar refractivity (Wildman–Crippen MR) is 73.3 cm³/mol. The molecule has 0 spiro atoms. The first-order valence-electron chi connectivity index (χ1n) is 5.82. The van der Waals surface area contributed by atoms with Crippen molar-refractivity contribution < 1.29 is 4.74 Å². The van der Waals surface area contributed by atoms with Gasteiger partial charge in [0.2, 0.25) is 5.88 Å². The standard InChI is InChI=1S/C14H12N2OS/c1-2-10-4-3-5-11(8-10)17-14-13-12(6-7-18-13)15-9-16-14/h3-9H,2H2,1H3. The second-order valence-electron chi connectivity index (χ2n) is 3.92. The second kappa shape index (κ2) is 4.74. The van der Waals surface area contributed by atoms with E-state index in [4.69, 9.17) is 4.74 Å². The van der Waals surface area contributed by atoms with Crippen LogP contribution in [0.3, 0.4) is 0 Å². The van der Waals surface area contributed by atoms with Crippen LogP contribution in [-0.4, -0.2) is 9.97 Å². The molecule has 0 atom stereocenters. The zero-order chi connectivity index (χ0) is 12.4. The van der Waals surface area contributed by atoms with Crippen LogP contribution in [0.1, 0.15) is 12.5 Å². The topological polar surface area (TPSA) is 35.0 Å². The van der Waals surface area contributed by atoms with Crippen molar-refractivity contribution in [2.45, 2.75) is 13.3 Å². The van der Waals surface area contributed by atoms with Gasteiger partial charge in [-0.3, -0.25) is 0 Å². The third-order valence-electron chi connectivity index (χ3n) is 2.73. The van der Waals surface area contributed by atoms with Gasteiger partial charge in [-0.2, -0.15) is 0 Å². The maximum atomic E-state index is 5.85. The van der Waals surface area contributed by atoms with Gasteiger partial charge in [-0.25, -0.2) is 9.97 Å². The first-order chi connectivity index (χ1) is 8.86. The molecule has 3 nitrogen and oxygen atoms in total. The number of fused-ring (bicyclic) bond motifs is 1. The Kier molecular flexibility index (Phi) is 2.94. The summed E-state index contributed by atoms with van der Waals surface area (Å²) in [5, 5.41) is 1.99. The van der Waals surface area contributed by atoms with E-state index in [1.165, 1.54) is 11.9 Å². The molecule has 3 rings (SSSR count). The van der Waals surface area contributed by atoms with Crippen LogP contribution in [0.2, 0.25) is 0 Å². The molecule has 0 aliphatic heterocycles. The summed E-state index contributed by atoms with van der Waals surface area (Å²) in [7, 11) is 0. The summed E-state index contributed by atoms with van der Waals surface area (Å²) in [5.74, 6) is 1.45. The number of thiophene rings is 1. The molecule has 0 aliphatic carbocycles. The molecule has 18 heavy (non-hydrogen) atoms. The molecule has 0 radical (unpaired) electrons. The maximum Gasteiger partial charge on any atom is 0.240 e. The Balaban J connectivity index is 1.98. The predicted octanol–water partition coefficient (Wildman–Crippen LogP) is 4.05. The third-order valence-corrected chi connectivity index (χ3v) is 3.62. The molecule has 0 unspecified atom stereocenters. The van der Waals surface area contributed by atoms with Gasteiger partial charge in [-0.05, 0) is 35.6 Å². The van der Waals surface area contributed by atoms with Gasteiger partial charge in [-0.15, -0.1) is 11.3 Å². The summed E-state index contributed by atoms with van der Waals surface area (Å²) in [5.41, 5.74) is 2.18. The fourth-order valence-corrected chi connectivity index (χ4v) is 2.55. The average molecular weight is 256 g/mol. The van der Waals surface area contributed by atoms with Crippen LogP contribution in [-0.2, 0) is 6.42 Å². The van der Waals surface area contributed by atoms with Crippen LogP contribution in [0.4, 0.5) is 0 Å². The lowest BCUT2D eigenvalue weighted by molar-refractivity contribution is 0.468. The van der Waals surface area contributed by atoms with E-state index in [-0.39, 0.29) is 0 Å². The summed E-state index contributed by atoms with van der Waals surface area (Å²) in [6, 6.07) is 10.0. The van der Waals surface area contributed by atoms with Gasteiger partial charge in [-0.1, -0.05) is 19.1 Å². The Morgan fingerprint density at radius 3 is 3.06 bits per heavy atom. The van der Waals surface area contributed by atoms with Gasteiger partial charge in [0.1, 0.15) is 16.8 Å². The van der Waals surface area contributed by atoms with Crippen LogP contribution in [0.25, 0.3) is 10.2 Å². The largest absolute Gasteiger partial charge is 0.437 e. The molecule has 3 aromatic rings. The number of aryl methyl sites for hydroxylation is 1. The van der Waals surface area contributed by atoms with Gasteiger partial charge in [0, 0.05) is 0 Å². The molecule has 2 heterocycles. The zero-order valence-corrected chi connectivity index (χ0v) is 10.8. The van der Waals surface area contributed by atoms with Crippen molar-refractivity contribution in [1.82, 2.24) is 9.97 Å². The molecule has 0 aliphatic rings. The van der Waals surface area contributed by atoms with Gasteiger partial charge in [0.25, 0.3) is 0 Å². The lowest BCUT2D eigenvalue weighted by Crippen LogP contribution is -1.90. The van der Waals surface area contributed by atoms with Gasteiger partial charge in [0.05, 0.1) is 5.52 Å². The Morgan fingerprint density at radius 1 is 1.22 bits per heavy atom. The van der Waals surface area contributed by atoms with Crippen LogP contribution in [0.5, 0.6) is 11.6 Å². The number of nitrogens with zero attached hydrogens (tertiary/aromatic N) is 2. The molecule has 0 saturated heterocycles. The van der Waals surface area contributed by atoms with E-state index in [1.807, 2.05) is 29.6 Å². The quantitative estimate of drug-likeness (QED) is 0.709. The van der Waals surface area contributed by atoms with Crippen molar-refractivity contribution in [1.29, 1.82) is 0 Å². The monoisotopic (exact) mass is 256 g/mol. The van der Waals surface area contributed by atoms with Gasteiger partial charge >= 0.3 is 0 Å². The van der Waals surface area contributed by atoms with Crippen LogP contribution >= 0.6 is 11.3 Å². The van der Waals surface area contributed by atoms with Crippen molar-refractivity contribution in [2.24, 2.45) is 0 Å². The summed E-state index contributed by atoms with van der Waals surface area (Å²) < 4.78 is 6.84. The molecular weight excluding hydrogens is 244 g/mol. The summed E-state index contributed by atoms with van der Waals surface area (Å²) in [6.07, 6.45) is 2.53. The summed E-state index contributed by atoms with van der Waals surface area (Å²) in [4.78, 5) is 8.40. The molecule has 90 valence electrons. The molecule has 2 aromatic heterocycles. The number of hydrogen-bond donors (Lipinski definition) is 0. The zero-order valence-electron chi connectivity index (χ0n) is 9.96. The van der Waals surface area contributed by atoms with Crippen LogP contribution < -0.4 is 4.74 Å². The number of aromatic nitrogens is 2. The minimum atomic E-state index is 0.628. The average Bonchev–Trinajstić information content (AvgIpc) is 2.88. The highest BCUT2D eigenvalue weighted by Crippen LogP contribution is 2.30. The number of ether oxygens (including phenoxy) is 1. The van der Waals surface area contributed by atoms with E-state index < -0.39 is 0 Å². The molecular formula is C14H12N2OS. The first-order valence-corrected chi connectivity index (χ1v) is 6.70. The molecule has 0 fully saturated rings. The number of rotatable bonds is 3. The molecule has 0 N–H and O–H groups in total. The lowest BCUT2D eigenvalue weighted by atomic mass is 10.2. The van der Waals surface area contributed by atoms with Crippen molar-refractivity contribution in [3.05, 3.63) is 47.6 Å². The highest BCUT2D eigenvalue weighted by Gasteiger charge is 2.07. The highest BCUT2D eigenvalue weighted by atomic mass is 32.1. The number of benzene rings is 1. The Bertz CT molecular complexity index is 678. The van der Waals surface area contributed by atoms with E-state index in [0.29, 0.717) is 5.88 Å². The summed E-state index contributed by atoms with van der Waals surface area (Å²) in [6.45, 7) is 2.13. The van der Waals surface area contributed by atoms with Crippen molar-refractivity contribution in [3.63, 3.8) is 0 Å². The van der Waals surface area contributed by atoms with E-state index >= 15 is 0 Å². The third kappa shape index (κ3) is 2.07. The van der Waals surface area contributed by atoms with E-state index in [2.05, 4.69) is 23.0 Å². The minimum absolute atomic E-state index is 0.628. The first kappa shape index (κ1) is 11.2. The fourth-order valence-electron chi connectivity index (χ4n) is 1.78. The Morgan fingerprint density at radius 2 is 2.17 bits per heavy atom. The second-order valence-corrected chi connectivity index (χ2v) is 4.83. The van der Waals surface area contributed by atoms with Gasteiger partial charge < -0.3 is 4.74 Å². The Hall–Kier alpha value is -1.94. The normalized spacial score (nSPS) is 10.7. The molecule has 0 bridgehead atoms. The van der Waals surface area contributed by atoms with Crippen molar-refractivity contribution >= 4 is 21.6 Å². The molecule has 4 heteroatoms. The molecule has 0 saturated carbocycles. The number of hydrogen-bond acceptors (Lipinski definition) is 4. The highest BCUT2D eigenvalue weighted by molar-refractivity contribution is 7.17. The van der Waals surface area contributed by atoms with Crippen molar-refractivity contribution in [2.75, 3.05) is 0 Å². The van der Waals surface area contributed by atoms with Crippen LogP contribution in [0.15, 0.2) is 42.0 Å². The maximum absolute atomic E-state index is 5.85.